The molecule has 0 atom stereocenters. The largest absolute Gasteiger partial charge is 0.388 e. The summed E-state index contributed by atoms with van der Waals surface area (Å²) in [6.07, 6.45) is 2.97. The molecule has 1 saturated heterocycles. The number of aromatic nitrogens is 3. The lowest BCUT2D eigenvalue weighted by Crippen LogP contribution is -2.46. The normalized spacial score (nSPS) is 17.2. The van der Waals surface area contributed by atoms with E-state index in [1.54, 1.807) is 10.9 Å². The minimum Gasteiger partial charge on any atom is -0.388 e. The zero-order valence-electron chi connectivity index (χ0n) is 16.1. The first kappa shape index (κ1) is 19.5. The van der Waals surface area contributed by atoms with Crippen molar-refractivity contribution in [2.24, 2.45) is 5.92 Å². The molecule has 146 valence electrons. The Labute approximate surface area is 160 Å². The van der Waals surface area contributed by atoms with E-state index in [1.165, 1.54) is 5.56 Å². The van der Waals surface area contributed by atoms with Crippen molar-refractivity contribution in [1.82, 2.24) is 25.2 Å². The maximum atomic E-state index is 12.1. The number of amides is 1. The maximum Gasteiger partial charge on any atom is 0.273 e. The molecule has 1 fully saturated rings. The zero-order chi connectivity index (χ0) is 19.3. The smallest absolute Gasteiger partial charge is 0.273 e. The number of nitrogens with zero attached hydrogens (tertiary/aromatic N) is 4. The lowest BCUT2D eigenvalue weighted by Gasteiger charge is -2.38. The fourth-order valence-electron chi connectivity index (χ4n) is 3.30. The van der Waals surface area contributed by atoms with Crippen LogP contribution in [0.4, 0.5) is 0 Å². The van der Waals surface area contributed by atoms with Gasteiger partial charge in [0.1, 0.15) is 0 Å². The van der Waals surface area contributed by atoms with Crippen molar-refractivity contribution in [3.05, 3.63) is 47.8 Å². The minimum atomic E-state index is -0.813. The maximum absolute atomic E-state index is 12.1. The SMILES string of the molecule is CC(C)CNC(=O)c1cn(CC2(O)CCN(Cc3ccccc3)CC2)nn1. The molecule has 2 aromatic rings. The third kappa shape index (κ3) is 5.61. The molecule has 0 radical (unpaired) electrons. The monoisotopic (exact) mass is 371 g/mol. The van der Waals surface area contributed by atoms with Crippen LogP contribution in [0.2, 0.25) is 0 Å². The van der Waals surface area contributed by atoms with Gasteiger partial charge in [0, 0.05) is 26.2 Å². The molecule has 1 aromatic heterocycles. The van der Waals surface area contributed by atoms with E-state index in [-0.39, 0.29) is 5.91 Å². The average Bonchev–Trinajstić information content (AvgIpc) is 3.11. The van der Waals surface area contributed by atoms with Crippen LogP contribution in [-0.4, -0.2) is 56.1 Å². The summed E-state index contributed by atoms with van der Waals surface area (Å²) in [4.78, 5) is 14.4. The number of carbonyl (C=O) groups is 1. The Morgan fingerprint density at radius 3 is 2.63 bits per heavy atom. The summed E-state index contributed by atoms with van der Waals surface area (Å²) in [5.41, 5.74) is 0.768. The number of likely N-dealkylation sites (tertiary alicyclic amines) is 1. The Balaban J connectivity index is 1.50. The van der Waals surface area contributed by atoms with Gasteiger partial charge in [0.05, 0.1) is 18.3 Å². The predicted molar refractivity (Wildman–Crippen MR) is 103 cm³/mol. The van der Waals surface area contributed by atoms with Crippen LogP contribution in [0.1, 0.15) is 42.7 Å². The fraction of sp³-hybridized carbons (Fsp3) is 0.550. The molecule has 7 heteroatoms. The molecule has 0 unspecified atom stereocenters. The van der Waals surface area contributed by atoms with Crippen LogP contribution in [0.5, 0.6) is 0 Å². The molecule has 1 amide bonds. The number of carbonyl (C=O) groups excluding carboxylic acids is 1. The molecule has 0 spiro atoms. The molecule has 1 aliphatic heterocycles. The van der Waals surface area contributed by atoms with Gasteiger partial charge in [-0.25, -0.2) is 4.68 Å². The van der Waals surface area contributed by atoms with Gasteiger partial charge in [0.15, 0.2) is 5.69 Å². The minimum absolute atomic E-state index is 0.223. The van der Waals surface area contributed by atoms with E-state index in [2.05, 4.69) is 44.8 Å². The highest BCUT2D eigenvalue weighted by molar-refractivity contribution is 5.91. The lowest BCUT2D eigenvalue weighted by molar-refractivity contribution is -0.0383. The molecule has 27 heavy (non-hydrogen) atoms. The average molecular weight is 371 g/mol. The second-order valence-corrected chi connectivity index (χ2v) is 7.89. The second-order valence-electron chi connectivity index (χ2n) is 7.89. The number of benzene rings is 1. The molecule has 1 aliphatic rings. The number of aliphatic hydroxyl groups is 1. The molecule has 2 heterocycles. The van der Waals surface area contributed by atoms with Gasteiger partial charge in [-0.15, -0.1) is 5.10 Å². The van der Waals surface area contributed by atoms with Crippen LogP contribution >= 0.6 is 0 Å². The Morgan fingerprint density at radius 1 is 1.26 bits per heavy atom. The fourth-order valence-corrected chi connectivity index (χ4v) is 3.30. The van der Waals surface area contributed by atoms with Gasteiger partial charge >= 0.3 is 0 Å². The van der Waals surface area contributed by atoms with Crippen molar-refractivity contribution in [1.29, 1.82) is 0 Å². The molecule has 2 N–H and O–H groups in total. The van der Waals surface area contributed by atoms with Crippen molar-refractivity contribution in [3.63, 3.8) is 0 Å². The summed E-state index contributed by atoms with van der Waals surface area (Å²) in [7, 11) is 0. The first-order valence-electron chi connectivity index (χ1n) is 9.60. The molecule has 7 nitrogen and oxygen atoms in total. The van der Waals surface area contributed by atoms with Crippen LogP contribution in [0.3, 0.4) is 0 Å². The van der Waals surface area contributed by atoms with E-state index in [0.717, 1.165) is 19.6 Å². The van der Waals surface area contributed by atoms with Crippen LogP contribution in [0.15, 0.2) is 36.5 Å². The van der Waals surface area contributed by atoms with Gasteiger partial charge < -0.3 is 10.4 Å². The van der Waals surface area contributed by atoms with E-state index in [4.69, 9.17) is 0 Å². The first-order chi connectivity index (χ1) is 12.9. The van der Waals surface area contributed by atoms with Crippen molar-refractivity contribution in [2.75, 3.05) is 19.6 Å². The highest BCUT2D eigenvalue weighted by atomic mass is 16.3. The molecular formula is C20H29N5O2. The number of piperidine rings is 1. The Hall–Kier alpha value is -2.25. The van der Waals surface area contributed by atoms with Crippen molar-refractivity contribution in [2.45, 2.75) is 45.4 Å². The highest BCUT2D eigenvalue weighted by Gasteiger charge is 2.33. The molecule has 1 aromatic carbocycles. The number of rotatable bonds is 7. The first-order valence-corrected chi connectivity index (χ1v) is 9.60. The van der Waals surface area contributed by atoms with Gasteiger partial charge in [-0.3, -0.25) is 9.69 Å². The molecule has 3 rings (SSSR count). The Bertz CT molecular complexity index is 736. The van der Waals surface area contributed by atoms with Gasteiger partial charge in [-0.05, 0) is 24.3 Å². The van der Waals surface area contributed by atoms with Gasteiger partial charge in [0.25, 0.3) is 5.91 Å². The van der Waals surface area contributed by atoms with E-state index < -0.39 is 5.60 Å². The Kier molecular flexibility index (Phi) is 6.23. The molecular weight excluding hydrogens is 342 g/mol. The second kappa shape index (κ2) is 8.63. The number of hydrogen-bond acceptors (Lipinski definition) is 5. The number of hydrogen-bond donors (Lipinski definition) is 2. The molecule has 0 bridgehead atoms. The van der Waals surface area contributed by atoms with Gasteiger partial charge in [-0.1, -0.05) is 49.4 Å². The lowest BCUT2D eigenvalue weighted by atomic mass is 9.91. The Morgan fingerprint density at radius 2 is 1.96 bits per heavy atom. The highest BCUT2D eigenvalue weighted by Crippen LogP contribution is 2.25. The van der Waals surface area contributed by atoms with E-state index in [1.807, 2.05) is 19.9 Å². The van der Waals surface area contributed by atoms with Gasteiger partial charge in [0.2, 0.25) is 0 Å². The van der Waals surface area contributed by atoms with E-state index in [0.29, 0.717) is 37.5 Å². The van der Waals surface area contributed by atoms with E-state index >= 15 is 0 Å². The van der Waals surface area contributed by atoms with Gasteiger partial charge in [-0.2, -0.15) is 0 Å². The van der Waals surface area contributed by atoms with Crippen molar-refractivity contribution < 1.29 is 9.90 Å². The molecule has 0 saturated carbocycles. The van der Waals surface area contributed by atoms with Crippen molar-refractivity contribution in [3.8, 4) is 0 Å². The van der Waals surface area contributed by atoms with E-state index in [9.17, 15) is 9.90 Å². The quantitative estimate of drug-likeness (QED) is 0.774. The summed E-state index contributed by atoms with van der Waals surface area (Å²) in [6.45, 7) is 7.61. The summed E-state index contributed by atoms with van der Waals surface area (Å²) in [5.74, 6) is 0.158. The zero-order valence-corrected chi connectivity index (χ0v) is 16.1. The van der Waals surface area contributed by atoms with Crippen LogP contribution < -0.4 is 5.32 Å². The van der Waals surface area contributed by atoms with Crippen molar-refractivity contribution >= 4 is 5.91 Å². The summed E-state index contributed by atoms with van der Waals surface area (Å²) < 4.78 is 1.58. The van der Waals surface area contributed by atoms with Crippen LogP contribution in [0.25, 0.3) is 0 Å². The topological polar surface area (TPSA) is 83.3 Å². The molecule has 0 aliphatic carbocycles. The van der Waals surface area contributed by atoms with Crippen LogP contribution in [0, 0.1) is 5.92 Å². The predicted octanol–water partition coefficient (Wildman–Crippen LogP) is 1.69. The third-order valence-electron chi connectivity index (χ3n) is 4.93. The summed E-state index contributed by atoms with van der Waals surface area (Å²) in [6, 6.07) is 10.4. The number of nitrogens with one attached hydrogen (secondary N) is 1. The third-order valence-corrected chi connectivity index (χ3v) is 4.93. The van der Waals surface area contributed by atoms with Crippen LogP contribution in [-0.2, 0) is 13.1 Å². The standard InChI is InChI=1S/C20H29N5O2/c1-16(2)12-21-19(26)18-14-25(23-22-18)15-20(27)8-10-24(11-9-20)13-17-6-4-3-5-7-17/h3-7,14,16,27H,8-13,15H2,1-2H3,(H,21,26). The summed E-state index contributed by atoms with van der Waals surface area (Å²) >= 11 is 0. The summed E-state index contributed by atoms with van der Waals surface area (Å²) in [5, 5.41) is 21.7.